The second kappa shape index (κ2) is 6.87. The molecular weight excluding hydrogens is 314 g/mol. The van der Waals surface area contributed by atoms with E-state index in [1.165, 1.54) is 24.3 Å². The number of nitrogens with zero attached hydrogens (tertiary/aromatic N) is 1. The molecule has 0 aliphatic heterocycles. The number of nitrogens with one attached hydrogen (secondary N) is 1. The molecular formula is C15H13Cl2FN2O. The Kier molecular flexibility index (Phi) is 5.15. The van der Waals surface area contributed by atoms with Gasteiger partial charge in [0, 0.05) is 11.6 Å². The van der Waals surface area contributed by atoms with Crippen LogP contribution in [0.4, 0.5) is 4.39 Å². The molecule has 1 unspecified atom stereocenters. The van der Waals surface area contributed by atoms with Crippen molar-refractivity contribution in [2.45, 2.75) is 19.4 Å². The first-order valence-corrected chi connectivity index (χ1v) is 7.08. The van der Waals surface area contributed by atoms with Crippen molar-refractivity contribution in [2.24, 2.45) is 0 Å². The molecule has 1 amide bonds. The number of hydrogen-bond acceptors (Lipinski definition) is 2. The lowest BCUT2D eigenvalue weighted by Gasteiger charge is -2.14. The number of rotatable bonds is 4. The van der Waals surface area contributed by atoms with Gasteiger partial charge >= 0.3 is 0 Å². The number of carbonyl (C=O) groups excluding carboxylic acids is 1. The zero-order valence-electron chi connectivity index (χ0n) is 11.2. The van der Waals surface area contributed by atoms with Gasteiger partial charge in [0.15, 0.2) is 0 Å². The molecule has 6 heteroatoms. The maximum absolute atomic E-state index is 12.8. The second-order valence-corrected chi connectivity index (χ2v) is 5.48. The van der Waals surface area contributed by atoms with Gasteiger partial charge < -0.3 is 5.32 Å². The van der Waals surface area contributed by atoms with Crippen molar-refractivity contribution in [3.63, 3.8) is 0 Å². The molecule has 0 bridgehead atoms. The highest BCUT2D eigenvalue weighted by Crippen LogP contribution is 2.15. The zero-order chi connectivity index (χ0) is 15.4. The van der Waals surface area contributed by atoms with Crippen LogP contribution < -0.4 is 5.32 Å². The molecule has 0 saturated heterocycles. The average Bonchev–Trinajstić information content (AvgIpc) is 2.40. The maximum atomic E-state index is 12.8. The Hall–Kier alpha value is -1.65. The van der Waals surface area contributed by atoms with Crippen molar-refractivity contribution in [3.8, 4) is 0 Å². The van der Waals surface area contributed by atoms with Crippen LogP contribution in [-0.2, 0) is 6.42 Å². The number of halogens is 3. The van der Waals surface area contributed by atoms with E-state index in [9.17, 15) is 9.18 Å². The molecule has 0 spiro atoms. The molecule has 1 heterocycles. The minimum atomic E-state index is -0.282. The standard InChI is InChI=1S/C15H13Cl2FN2O/c1-9(6-10-2-4-12(18)5-3-10)19-15(21)11-7-13(16)20-14(17)8-11/h2-5,7-9H,6H2,1H3,(H,19,21). The number of carbonyl (C=O) groups is 1. The number of pyridine rings is 1. The Morgan fingerprint density at radius 2 is 1.81 bits per heavy atom. The first kappa shape index (κ1) is 15.7. The van der Waals surface area contributed by atoms with Crippen LogP contribution in [0.1, 0.15) is 22.8 Å². The van der Waals surface area contributed by atoms with E-state index >= 15 is 0 Å². The maximum Gasteiger partial charge on any atom is 0.251 e. The number of hydrogen-bond donors (Lipinski definition) is 1. The van der Waals surface area contributed by atoms with E-state index < -0.39 is 0 Å². The van der Waals surface area contributed by atoms with Crippen LogP contribution in [0.2, 0.25) is 10.3 Å². The van der Waals surface area contributed by atoms with Gasteiger partial charge in [-0.1, -0.05) is 35.3 Å². The third-order valence-electron chi connectivity index (χ3n) is 2.86. The molecule has 1 atom stereocenters. The van der Waals surface area contributed by atoms with Gasteiger partial charge in [0.25, 0.3) is 5.91 Å². The summed E-state index contributed by atoms with van der Waals surface area (Å²) in [6.45, 7) is 1.87. The largest absolute Gasteiger partial charge is 0.349 e. The summed E-state index contributed by atoms with van der Waals surface area (Å²) in [5, 5.41) is 3.17. The summed E-state index contributed by atoms with van der Waals surface area (Å²) in [7, 11) is 0. The SMILES string of the molecule is CC(Cc1ccc(F)cc1)NC(=O)c1cc(Cl)nc(Cl)c1. The van der Waals surface area contributed by atoms with Gasteiger partial charge in [-0.05, 0) is 43.2 Å². The lowest BCUT2D eigenvalue weighted by molar-refractivity contribution is 0.0940. The fourth-order valence-electron chi connectivity index (χ4n) is 1.93. The third-order valence-corrected chi connectivity index (χ3v) is 3.24. The molecule has 1 aromatic carbocycles. The van der Waals surface area contributed by atoms with Crippen LogP contribution in [0.25, 0.3) is 0 Å². The summed E-state index contributed by atoms with van der Waals surface area (Å²) in [6, 6.07) is 8.96. The van der Waals surface area contributed by atoms with E-state index in [0.717, 1.165) is 5.56 Å². The van der Waals surface area contributed by atoms with Gasteiger partial charge in [-0.25, -0.2) is 9.37 Å². The summed E-state index contributed by atoms with van der Waals surface area (Å²) >= 11 is 11.5. The Morgan fingerprint density at radius 1 is 1.24 bits per heavy atom. The Bertz CT molecular complexity index is 626. The lowest BCUT2D eigenvalue weighted by atomic mass is 10.1. The van der Waals surface area contributed by atoms with E-state index in [0.29, 0.717) is 12.0 Å². The van der Waals surface area contributed by atoms with Gasteiger partial charge in [0.2, 0.25) is 0 Å². The molecule has 1 aromatic heterocycles. The van der Waals surface area contributed by atoms with Crippen LogP contribution in [0, 0.1) is 5.82 Å². The van der Waals surface area contributed by atoms with Crippen molar-refractivity contribution >= 4 is 29.1 Å². The van der Waals surface area contributed by atoms with Crippen molar-refractivity contribution in [1.82, 2.24) is 10.3 Å². The molecule has 0 radical (unpaired) electrons. The number of aromatic nitrogens is 1. The predicted molar refractivity (Wildman–Crippen MR) is 81.3 cm³/mol. The monoisotopic (exact) mass is 326 g/mol. The highest BCUT2D eigenvalue weighted by molar-refractivity contribution is 6.33. The molecule has 21 heavy (non-hydrogen) atoms. The zero-order valence-corrected chi connectivity index (χ0v) is 12.7. The Morgan fingerprint density at radius 3 is 2.38 bits per heavy atom. The molecule has 3 nitrogen and oxygen atoms in total. The second-order valence-electron chi connectivity index (χ2n) is 4.71. The van der Waals surface area contributed by atoms with Crippen LogP contribution in [-0.4, -0.2) is 16.9 Å². The normalized spacial score (nSPS) is 12.0. The smallest absolute Gasteiger partial charge is 0.251 e. The van der Waals surface area contributed by atoms with Crippen LogP contribution in [0.5, 0.6) is 0 Å². The van der Waals surface area contributed by atoms with Gasteiger partial charge in [-0.3, -0.25) is 4.79 Å². The van der Waals surface area contributed by atoms with E-state index in [1.807, 2.05) is 6.92 Å². The molecule has 0 fully saturated rings. The summed E-state index contributed by atoms with van der Waals surface area (Å²) in [6.07, 6.45) is 0.596. The van der Waals surface area contributed by atoms with Crippen molar-refractivity contribution in [3.05, 3.63) is 63.6 Å². The summed E-state index contributed by atoms with van der Waals surface area (Å²) in [5.41, 5.74) is 1.29. The van der Waals surface area contributed by atoms with E-state index in [-0.39, 0.29) is 28.1 Å². The van der Waals surface area contributed by atoms with Crippen LogP contribution in [0.15, 0.2) is 36.4 Å². The number of amides is 1. The Balaban J connectivity index is 2.00. The fourth-order valence-corrected chi connectivity index (χ4v) is 2.39. The topological polar surface area (TPSA) is 42.0 Å². The molecule has 110 valence electrons. The van der Waals surface area contributed by atoms with Gasteiger partial charge in [0.05, 0.1) is 0 Å². The summed E-state index contributed by atoms with van der Waals surface area (Å²) in [4.78, 5) is 15.9. The molecule has 2 rings (SSSR count). The average molecular weight is 327 g/mol. The fraction of sp³-hybridized carbons (Fsp3) is 0.200. The van der Waals surface area contributed by atoms with Crippen molar-refractivity contribution in [1.29, 1.82) is 0 Å². The van der Waals surface area contributed by atoms with Crippen LogP contribution in [0.3, 0.4) is 0 Å². The summed E-state index contributed by atoms with van der Waals surface area (Å²) in [5.74, 6) is -0.563. The molecule has 2 aromatic rings. The quantitative estimate of drug-likeness (QED) is 0.866. The molecule has 1 N–H and O–H groups in total. The molecule has 0 aliphatic rings. The highest BCUT2D eigenvalue weighted by Gasteiger charge is 2.12. The predicted octanol–water partition coefficient (Wildman–Crippen LogP) is 3.89. The third kappa shape index (κ3) is 4.69. The van der Waals surface area contributed by atoms with Crippen molar-refractivity contribution in [2.75, 3.05) is 0 Å². The Labute approximate surface area is 132 Å². The van der Waals surface area contributed by atoms with Crippen LogP contribution >= 0.6 is 23.2 Å². The summed E-state index contributed by atoms with van der Waals surface area (Å²) < 4.78 is 12.8. The molecule has 0 aliphatic carbocycles. The molecule has 0 saturated carbocycles. The van der Waals surface area contributed by atoms with E-state index in [4.69, 9.17) is 23.2 Å². The van der Waals surface area contributed by atoms with Gasteiger partial charge in [-0.2, -0.15) is 0 Å². The minimum Gasteiger partial charge on any atom is -0.349 e. The van der Waals surface area contributed by atoms with Gasteiger partial charge in [0.1, 0.15) is 16.1 Å². The minimum absolute atomic E-state index is 0.117. The lowest BCUT2D eigenvalue weighted by Crippen LogP contribution is -2.34. The van der Waals surface area contributed by atoms with Crippen molar-refractivity contribution < 1.29 is 9.18 Å². The van der Waals surface area contributed by atoms with Gasteiger partial charge in [-0.15, -0.1) is 0 Å². The number of benzene rings is 1. The highest BCUT2D eigenvalue weighted by atomic mass is 35.5. The van der Waals surface area contributed by atoms with E-state index in [1.54, 1.807) is 12.1 Å². The first-order valence-electron chi connectivity index (χ1n) is 6.32. The first-order chi connectivity index (χ1) is 9.94. The van der Waals surface area contributed by atoms with E-state index in [2.05, 4.69) is 10.3 Å².